The van der Waals surface area contributed by atoms with Gasteiger partial charge in [0, 0.05) is 43.9 Å². The number of hydrogen-bond acceptors (Lipinski definition) is 4. The number of nitrogens with one attached hydrogen (secondary N) is 1. The van der Waals surface area contributed by atoms with Crippen molar-refractivity contribution in [3.63, 3.8) is 0 Å². The molecule has 0 heterocycles. The maximum absolute atomic E-state index is 12.9. The molecule has 2 rings (SSSR count). The van der Waals surface area contributed by atoms with Crippen LogP contribution < -0.4 is 5.32 Å². The molecule has 0 atom stereocenters. The first-order chi connectivity index (χ1) is 13.9. The molecule has 0 aliphatic rings. The van der Waals surface area contributed by atoms with E-state index in [0.29, 0.717) is 23.7 Å². The molecule has 0 bridgehead atoms. The molecule has 8 heteroatoms. The van der Waals surface area contributed by atoms with E-state index < -0.39 is 10.0 Å². The van der Waals surface area contributed by atoms with Gasteiger partial charge in [-0.1, -0.05) is 29.8 Å². The van der Waals surface area contributed by atoms with Crippen LogP contribution in [-0.4, -0.2) is 45.4 Å². The van der Waals surface area contributed by atoms with Gasteiger partial charge < -0.3 is 10.1 Å². The summed E-state index contributed by atoms with van der Waals surface area (Å²) in [6.07, 6.45) is 2.27. The Morgan fingerprint density at radius 2 is 1.83 bits per heavy atom. The monoisotopic (exact) mass is 436 g/mol. The third-order valence-electron chi connectivity index (χ3n) is 4.17. The minimum absolute atomic E-state index is 0.159. The van der Waals surface area contributed by atoms with Crippen LogP contribution in [0.25, 0.3) is 0 Å². The van der Waals surface area contributed by atoms with Crippen molar-refractivity contribution in [3.05, 3.63) is 77.3 Å². The van der Waals surface area contributed by atoms with Crippen molar-refractivity contribution in [1.29, 1.82) is 0 Å². The smallest absolute Gasteiger partial charge is 0.251 e. The molecule has 156 valence electrons. The van der Waals surface area contributed by atoms with Crippen molar-refractivity contribution in [2.45, 2.75) is 17.9 Å². The Morgan fingerprint density at radius 1 is 1.17 bits per heavy atom. The average molecular weight is 437 g/mol. The lowest BCUT2D eigenvalue weighted by atomic mass is 10.1. The molecule has 1 N–H and O–H groups in total. The van der Waals surface area contributed by atoms with Gasteiger partial charge in [-0.15, -0.1) is 6.58 Å². The molecule has 0 spiro atoms. The van der Waals surface area contributed by atoms with Crippen molar-refractivity contribution in [2.75, 3.05) is 26.8 Å². The second-order valence-electron chi connectivity index (χ2n) is 6.34. The first kappa shape index (κ1) is 23.1. The third kappa shape index (κ3) is 6.68. The first-order valence-corrected chi connectivity index (χ1v) is 10.9. The van der Waals surface area contributed by atoms with Crippen molar-refractivity contribution in [2.24, 2.45) is 0 Å². The molecule has 0 unspecified atom stereocenters. The lowest BCUT2D eigenvalue weighted by Gasteiger charge is -2.21. The average Bonchev–Trinajstić information content (AvgIpc) is 2.71. The highest BCUT2D eigenvalue weighted by Gasteiger charge is 2.23. The molecule has 6 nitrogen and oxygen atoms in total. The van der Waals surface area contributed by atoms with E-state index in [1.807, 2.05) is 0 Å². The summed E-state index contributed by atoms with van der Waals surface area (Å²) in [5, 5.41) is 3.28. The van der Waals surface area contributed by atoms with Crippen molar-refractivity contribution < 1.29 is 17.9 Å². The van der Waals surface area contributed by atoms with Crippen molar-refractivity contribution >= 4 is 27.5 Å². The van der Waals surface area contributed by atoms with E-state index in [-0.39, 0.29) is 23.9 Å². The number of sulfonamides is 1. The third-order valence-corrected chi connectivity index (χ3v) is 6.25. The number of ether oxygens (including phenoxy) is 1. The summed E-state index contributed by atoms with van der Waals surface area (Å²) in [6.45, 7) is 5.08. The van der Waals surface area contributed by atoms with E-state index in [4.69, 9.17) is 16.3 Å². The van der Waals surface area contributed by atoms with Gasteiger partial charge in [-0.25, -0.2) is 8.42 Å². The fourth-order valence-electron chi connectivity index (χ4n) is 2.63. The minimum Gasteiger partial charge on any atom is -0.385 e. The second kappa shape index (κ2) is 11.1. The highest BCUT2D eigenvalue weighted by Crippen LogP contribution is 2.20. The lowest BCUT2D eigenvalue weighted by Crippen LogP contribution is -2.31. The maximum atomic E-state index is 12.9. The predicted octanol–water partition coefficient (Wildman–Crippen LogP) is 3.48. The number of benzene rings is 2. The zero-order chi connectivity index (χ0) is 21.3. The van der Waals surface area contributed by atoms with Gasteiger partial charge in [0.15, 0.2) is 0 Å². The summed E-state index contributed by atoms with van der Waals surface area (Å²) >= 11 is 5.86. The Bertz CT molecular complexity index is 913. The van der Waals surface area contributed by atoms with E-state index in [1.54, 1.807) is 43.5 Å². The molecule has 0 aliphatic carbocycles. The fraction of sp³-hybridized carbons (Fsp3) is 0.286. The second-order valence-corrected chi connectivity index (χ2v) is 8.71. The number of nitrogens with zero attached hydrogens (tertiary/aromatic N) is 1. The van der Waals surface area contributed by atoms with Crippen molar-refractivity contribution in [3.8, 4) is 0 Å². The summed E-state index contributed by atoms with van der Waals surface area (Å²) in [5.74, 6) is -0.176. The normalized spacial score (nSPS) is 11.4. The van der Waals surface area contributed by atoms with Crippen LogP contribution in [0, 0.1) is 0 Å². The Labute approximate surface area is 177 Å². The number of rotatable bonds is 11. The molecular formula is C21H25ClN2O4S. The standard InChI is InChI=1S/C21H25ClN2O4S/c1-3-14-24(29(26,27)20-11-9-19(22)10-12-20)16-17-5-7-18(8-6-17)21(25)23-13-4-15-28-2/h3,5-12H,1,4,13-16H2,2H3,(H,23,25). The molecule has 2 aromatic carbocycles. The van der Waals surface area contributed by atoms with Gasteiger partial charge in [0.25, 0.3) is 5.91 Å². The zero-order valence-corrected chi connectivity index (χ0v) is 17.9. The van der Waals surface area contributed by atoms with Crippen LogP contribution in [0.1, 0.15) is 22.3 Å². The van der Waals surface area contributed by atoms with E-state index in [0.717, 1.165) is 12.0 Å². The summed E-state index contributed by atoms with van der Waals surface area (Å²) in [4.78, 5) is 12.3. The number of halogens is 1. The molecular weight excluding hydrogens is 412 g/mol. The minimum atomic E-state index is -3.71. The highest BCUT2D eigenvalue weighted by atomic mass is 35.5. The van der Waals surface area contributed by atoms with Gasteiger partial charge in [-0.05, 0) is 48.4 Å². The Hall–Kier alpha value is -2.19. The van der Waals surface area contributed by atoms with Gasteiger partial charge in [0.05, 0.1) is 4.90 Å². The highest BCUT2D eigenvalue weighted by molar-refractivity contribution is 7.89. The summed E-state index contributed by atoms with van der Waals surface area (Å²) in [6, 6.07) is 12.9. The molecule has 1 amide bonds. The zero-order valence-electron chi connectivity index (χ0n) is 16.3. The van der Waals surface area contributed by atoms with Crippen LogP contribution in [0.15, 0.2) is 66.1 Å². The largest absolute Gasteiger partial charge is 0.385 e. The van der Waals surface area contributed by atoms with Gasteiger partial charge >= 0.3 is 0 Å². The molecule has 0 fully saturated rings. The molecule has 0 radical (unpaired) electrons. The van der Waals surface area contributed by atoms with Crippen LogP contribution in [0.4, 0.5) is 0 Å². The predicted molar refractivity (Wildman–Crippen MR) is 115 cm³/mol. The van der Waals surface area contributed by atoms with Gasteiger partial charge in [-0.3, -0.25) is 4.79 Å². The Balaban J connectivity index is 2.09. The Kier molecular flexibility index (Phi) is 8.85. The molecule has 2 aromatic rings. The van der Waals surface area contributed by atoms with Crippen LogP contribution >= 0.6 is 11.6 Å². The van der Waals surface area contributed by atoms with Gasteiger partial charge in [-0.2, -0.15) is 4.31 Å². The van der Waals surface area contributed by atoms with Crippen LogP contribution in [0.5, 0.6) is 0 Å². The number of amides is 1. The van der Waals surface area contributed by atoms with E-state index in [2.05, 4.69) is 11.9 Å². The first-order valence-electron chi connectivity index (χ1n) is 9.11. The van der Waals surface area contributed by atoms with Crippen LogP contribution in [0.2, 0.25) is 5.02 Å². The molecule has 29 heavy (non-hydrogen) atoms. The molecule has 0 saturated heterocycles. The fourth-order valence-corrected chi connectivity index (χ4v) is 4.16. The van der Waals surface area contributed by atoms with Gasteiger partial charge in [0.1, 0.15) is 0 Å². The van der Waals surface area contributed by atoms with E-state index in [9.17, 15) is 13.2 Å². The van der Waals surface area contributed by atoms with Crippen LogP contribution in [-0.2, 0) is 21.3 Å². The molecule has 0 saturated carbocycles. The topological polar surface area (TPSA) is 75.7 Å². The van der Waals surface area contributed by atoms with E-state index >= 15 is 0 Å². The van der Waals surface area contributed by atoms with Gasteiger partial charge in [0.2, 0.25) is 10.0 Å². The summed E-state index contributed by atoms with van der Waals surface area (Å²) < 4.78 is 32.2. The lowest BCUT2D eigenvalue weighted by molar-refractivity contribution is 0.0948. The number of carbonyl (C=O) groups excluding carboxylic acids is 1. The summed E-state index contributed by atoms with van der Waals surface area (Å²) in [7, 11) is -2.10. The van der Waals surface area contributed by atoms with Crippen molar-refractivity contribution in [1.82, 2.24) is 9.62 Å². The van der Waals surface area contributed by atoms with E-state index in [1.165, 1.54) is 22.5 Å². The van der Waals surface area contributed by atoms with Crippen LogP contribution in [0.3, 0.4) is 0 Å². The summed E-state index contributed by atoms with van der Waals surface area (Å²) in [5.41, 5.74) is 1.28. The quantitative estimate of drug-likeness (QED) is 0.432. The number of carbonyl (C=O) groups is 1. The SMILES string of the molecule is C=CCN(Cc1ccc(C(=O)NCCCOC)cc1)S(=O)(=O)c1ccc(Cl)cc1. The maximum Gasteiger partial charge on any atom is 0.251 e. The number of methoxy groups -OCH3 is 1. The molecule has 0 aromatic heterocycles. The number of hydrogen-bond donors (Lipinski definition) is 1. The Morgan fingerprint density at radius 3 is 2.41 bits per heavy atom. The molecule has 0 aliphatic heterocycles.